The maximum atomic E-state index is 12.1. The third kappa shape index (κ3) is 3.41. The van der Waals surface area contributed by atoms with Gasteiger partial charge in [-0.1, -0.05) is 15.9 Å². The third-order valence-corrected chi connectivity index (χ3v) is 4.69. The molecular formula is C13H21BrN2O3. The Balaban J connectivity index is 1.86. The highest BCUT2D eigenvalue weighted by atomic mass is 79.9. The van der Waals surface area contributed by atoms with Crippen molar-refractivity contribution in [1.82, 2.24) is 9.80 Å². The molecular weight excluding hydrogens is 312 g/mol. The molecule has 0 aliphatic carbocycles. The summed E-state index contributed by atoms with van der Waals surface area (Å²) in [4.78, 5) is 27.4. The van der Waals surface area contributed by atoms with Crippen LogP contribution in [0.15, 0.2) is 0 Å². The van der Waals surface area contributed by atoms with Crippen LogP contribution in [0.3, 0.4) is 0 Å². The lowest BCUT2D eigenvalue weighted by molar-refractivity contribution is -0.135. The third-order valence-electron chi connectivity index (χ3n) is 3.84. The van der Waals surface area contributed by atoms with Gasteiger partial charge < -0.3 is 14.5 Å². The van der Waals surface area contributed by atoms with E-state index in [2.05, 4.69) is 15.9 Å². The molecule has 2 heterocycles. The normalized spacial score (nSPS) is 25.6. The van der Waals surface area contributed by atoms with Crippen molar-refractivity contribution in [3.05, 3.63) is 0 Å². The van der Waals surface area contributed by atoms with Gasteiger partial charge in [0.25, 0.3) is 0 Å². The van der Waals surface area contributed by atoms with Crippen molar-refractivity contribution < 1.29 is 14.3 Å². The molecule has 1 unspecified atom stereocenters. The maximum Gasteiger partial charge on any atom is 0.409 e. The lowest BCUT2D eigenvalue weighted by atomic mass is 10.00. The van der Waals surface area contributed by atoms with Crippen molar-refractivity contribution >= 4 is 27.9 Å². The Morgan fingerprint density at radius 3 is 2.63 bits per heavy atom. The molecule has 2 aliphatic heterocycles. The monoisotopic (exact) mass is 332 g/mol. The minimum absolute atomic E-state index is 0.0238. The first-order valence-electron chi connectivity index (χ1n) is 6.99. The number of carbonyl (C=O) groups is 2. The summed E-state index contributed by atoms with van der Waals surface area (Å²) >= 11 is 3.44. The summed E-state index contributed by atoms with van der Waals surface area (Å²) in [5.74, 6) is 0.209. The molecule has 0 aromatic rings. The number of carbonyl (C=O) groups excluding carboxylic acids is 2. The zero-order valence-electron chi connectivity index (χ0n) is 11.3. The number of nitrogens with zero attached hydrogens (tertiary/aromatic N) is 2. The predicted molar refractivity (Wildman–Crippen MR) is 75.3 cm³/mol. The summed E-state index contributed by atoms with van der Waals surface area (Å²) in [6, 6.07) is 0.276. The van der Waals surface area contributed by atoms with Gasteiger partial charge in [0.2, 0.25) is 5.91 Å². The number of amides is 2. The summed E-state index contributed by atoms with van der Waals surface area (Å²) in [5, 5.41) is 0. The van der Waals surface area contributed by atoms with E-state index in [0.29, 0.717) is 19.7 Å². The number of piperidine rings is 2. The fourth-order valence-electron chi connectivity index (χ4n) is 2.79. The van der Waals surface area contributed by atoms with Crippen LogP contribution < -0.4 is 0 Å². The van der Waals surface area contributed by atoms with Crippen LogP contribution in [-0.4, -0.2) is 58.9 Å². The van der Waals surface area contributed by atoms with Gasteiger partial charge in [-0.2, -0.15) is 0 Å². The topological polar surface area (TPSA) is 49.9 Å². The highest BCUT2D eigenvalue weighted by Crippen LogP contribution is 2.25. The second-order valence-corrected chi connectivity index (χ2v) is 6.16. The minimum Gasteiger partial charge on any atom is -0.450 e. The molecule has 0 saturated carbocycles. The van der Waals surface area contributed by atoms with E-state index >= 15 is 0 Å². The van der Waals surface area contributed by atoms with E-state index in [0.717, 1.165) is 32.2 Å². The standard InChI is InChI=1S/C13H21BrN2O3/c1-2-19-13(18)15-8-5-10(6-9-15)16-7-3-4-11(14)12(16)17/h10-11H,2-9H2,1H3. The second-order valence-electron chi connectivity index (χ2n) is 5.06. The van der Waals surface area contributed by atoms with E-state index in [1.54, 1.807) is 4.90 Å². The molecule has 0 aromatic heterocycles. The van der Waals surface area contributed by atoms with Crippen LogP contribution in [-0.2, 0) is 9.53 Å². The molecule has 0 aromatic carbocycles. The van der Waals surface area contributed by atoms with Crippen molar-refractivity contribution in [2.24, 2.45) is 0 Å². The van der Waals surface area contributed by atoms with Crippen LogP contribution in [0.2, 0.25) is 0 Å². The Labute approximate surface area is 122 Å². The number of halogens is 1. The van der Waals surface area contributed by atoms with E-state index in [1.807, 2.05) is 11.8 Å². The molecule has 6 heteroatoms. The number of hydrogen-bond donors (Lipinski definition) is 0. The fourth-order valence-corrected chi connectivity index (χ4v) is 3.38. The van der Waals surface area contributed by atoms with Crippen molar-refractivity contribution in [3.63, 3.8) is 0 Å². The van der Waals surface area contributed by atoms with Gasteiger partial charge in [0.05, 0.1) is 11.4 Å². The van der Waals surface area contributed by atoms with E-state index in [4.69, 9.17) is 4.74 Å². The zero-order valence-corrected chi connectivity index (χ0v) is 12.9. The van der Waals surface area contributed by atoms with Gasteiger partial charge in [0, 0.05) is 25.7 Å². The van der Waals surface area contributed by atoms with E-state index < -0.39 is 0 Å². The molecule has 2 saturated heterocycles. The average molecular weight is 333 g/mol. The highest BCUT2D eigenvalue weighted by Gasteiger charge is 2.34. The summed E-state index contributed by atoms with van der Waals surface area (Å²) in [6.07, 6.45) is 3.45. The van der Waals surface area contributed by atoms with Gasteiger partial charge in [-0.15, -0.1) is 0 Å². The Hall–Kier alpha value is -0.780. The minimum atomic E-state index is -0.232. The lowest BCUT2D eigenvalue weighted by Crippen LogP contribution is -2.52. The Kier molecular flexibility index (Phi) is 5.07. The molecule has 0 spiro atoms. The molecule has 0 bridgehead atoms. The summed E-state index contributed by atoms with van der Waals surface area (Å²) in [7, 11) is 0. The number of ether oxygens (including phenoxy) is 1. The Morgan fingerprint density at radius 1 is 1.32 bits per heavy atom. The van der Waals surface area contributed by atoms with E-state index in [9.17, 15) is 9.59 Å². The number of rotatable bonds is 2. The molecule has 5 nitrogen and oxygen atoms in total. The second kappa shape index (κ2) is 6.59. The molecule has 0 radical (unpaired) electrons. The molecule has 19 heavy (non-hydrogen) atoms. The molecule has 2 amide bonds. The number of alkyl halides is 1. The van der Waals surface area contributed by atoms with Crippen molar-refractivity contribution in [1.29, 1.82) is 0 Å². The van der Waals surface area contributed by atoms with Crippen molar-refractivity contribution in [2.75, 3.05) is 26.2 Å². The van der Waals surface area contributed by atoms with Gasteiger partial charge in [-0.05, 0) is 32.6 Å². The van der Waals surface area contributed by atoms with Gasteiger partial charge in [0.15, 0.2) is 0 Å². The average Bonchev–Trinajstić information content (AvgIpc) is 2.42. The lowest BCUT2D eigenvalue weighted by Gasteiger charge is -2.40. The van der Waals surface area contributed by atoms with E-state index in [1.165, 1.54) is 0 Å². The van der Waals surface area contributed by atoms with Crippen molar-refractivity contribution in [2.45, 2.75) is 43.5 Å². The summed E-state index contributed by atoms with van der Waals surface area (Å²) < 4.78 is 5.00. The quantitative estimate of drug-likeness (QED) is 0.726. The zero-order chi connectivity index (χ0) is 13.8. The molecule has 2 aliphatic rings. The van der Waals surface area contributed by atoms with Crippen LogP contribution >= 0.6 is 15.9 Å². The molecule has 0 N–H and O–H groups in total. The van der Waals surface area contributed by atoms with Crippen LogP contribution in [0, 0.1) is 0 Å². The number of likely N-dealkylation sites (tertiary alicyclic amines) is 2. The highest BCUT2D eigenvalue weighted by molar-refractivity contribution is 9.10. The summed E-state index contributed by atoms with van der Waals surface area (Å²) in [6.45, 7) is 4.44. The van der Waals surface area contributed by atoms with Crippen LogP contribution in [0.1, 0.15) is 32.6 Å². The molecule has 108 valence electrons. The maximum absolute atomic E-state index is 12.1. The Morgan fingerprint density at radius 2 is 2.00 bits per heavy atom. The first kappa shape index (κ1) is 14.6. The summed E-state index contributed by atoms with van der Waals surface area (Å²) in [5.41, 5.74) is 0. The van der Waals surface area contributed by atoms with E-state index in [-0.39, 0.29) is 22.9 Å². The van der Waals surface area contributed by atoms with Gasteiger partial charge in [-0.3, -0.25) is 4.79 Å². The first-order chi connectivity index (χ1) is 9.13. The van der Waals surface area contributed by atoms with Crippen LogP contribution in [0.5, 0.6) is 0 Å². The van der Waals surface area contributed by atoms with Gasteiger partial charge in [0.1, 0.15) is 0 Å². The SMILES string of the molecule is CCOC(=O)N1CCC(N2CCCC(Br)C2=O)CC1. The molecule has 2 rings (SSSR count). The number of hydrogen-bond acceptors (Lipinski definition) is 3. The smallest absolute Gasteiger partial charge is 0.409 e. The largest absolute Gasteiger partial charge is 0.450 e. The van der Waals surface area contributed by atoms with Crippen LogP contribution in [0.25, 0.3) is 0 Å². The molecule has 1 atom stereocenters. The van der Waals surface area contributed by atoms with Gasteiger partial charge in [-0.25, -0.2) is 4.79 Å². The predicted octanol–water partition coefficient (Wildman–Crippen LogP) is 1.99. The molecule has 2 fully saturated rings. The van der Waals surface area contributed by atoms with Crippen LogP contribution in [0.4, 0.5) is 4.79 Å². The Bertz CT molecular complexity index is 343. The van der Waals surface area contributed by atoms with Gasteiger partial charge >= 0.3 is 6.09 Å². The fraction of sp³-hybridized carbons (Fsp3) is 0.846. The van der Waals surface area contributed by atoms with Crippen molar-refractivity contribution in [3.8, 4) is 0 Å². The first-order valence-corrected chi connectivity index (χ1v) is 7.91.